The van der Waals surface area contributed by atoms with E-state index in [2.05, 4.69) is 65.5 Å². The van der Waals surface area contributed by atoms with Crippen LogP contribution in [0.25, 0.3) is 0 Å². The highest BCUT2D eigenvalue weighted by molar-refractivity contribution is 5.48. The van der Waals surface area contributed by atoms with Crippen molar-refractivity contribution in [1.82, 2.24) is 20.0 Å². The van der Waals surface area contributed by atoms with Crippen molar-refractivity contribution >= 4 is 5.82 Å². The van der Waals surface area contributed by atoms with Gasteiger partial charge in [-0.25, -0.2) is 0 Å². The van der Waals surface area contributed by atoms with Gasteiger partial charge >= 0.3 is 0 Å². The number of rotatable bonds is 7. The zero-order chi connectivity index (χ0) is 17.8. The van der Waals surface area contributed by atoms with Gasteiger partial charge in [-0.05, 0) is 44.0 Å². The van der Waals surface area contributed by atoms with Gasteiger partial charge in [-0.15, -0.1) is 0 Å². The van der Waals surface area contributed by atoms with Crippen molar-refractivity contribution in [2.45, 2.75) is 39.4 Å². The zero-order valence-electron chi connectivity index (χ0n) is 16.0. The van der Waals surface area contributed by atoms with E-state index in [0.717, 1.165) is 25.3 Å². The fourth-order valence-corrected chi connectivity index (χ4v) is 3.84. The summed E-state index contributed by atoms with van der Waals surface area (Å²) in [4.78, 5) is 4.70. The largest absolute Gasteiger partial charge is 0.363 e. The van der Waals surface area contributed by atoms with Gasteiger partial charge in [0.15, 0.2) is 0 Å². The SMILES string of the molecule is Cc1nn(C)c(N(C)C)c1CNCc1ccccc1CN1CCCC1. The molecule has 0 radical (unpaired) electrons. The van der Waals surface area contributed by atoms with Crippen molar-refractivity contribution in [3.8, 4) is 0 Å². The molecule has 1 aromatic heterocycles. The maximum absolute atomic E-state index is 4.57. The van der Waals surface area contributed by atoms with E-state index in [9.17, 15) is 0 Å². The van der Waals surface area contributed by atoms with E-state index in [0.29, 0.717) is 0 Å². The summed E-state index contributed by atoms with van der Waals surface area (Å²) in [6.45, 7) is 7.38. The van der Waals surface area contributed by atoms with Gasteiger partial charge in [0.25, 0.3) is 0 Å². The number of anilines is 1. The molecule has 1 aliphatic rings. The maximum atomic E-state index is 4.57. The summed E-state index contributed by atoms with van der Waals surface area (Å²) in [5.74, 6) is 1.18. The first-order chi connectivity index (χ1) is 12.1. The Labute approximate surface area is 151 Å². The molecular weight excluding hydrogens is 310 g/mol. The third-order valence-corrected chi connectivity index (χ3v) is 5.07. The van der Waals surface area contributed by atoms with Crippen molar-refractivity contribution in [2.75, 3.05) is 32.1 Å². The summed E-state index contributed by atoms with van der Waals surface area (Å²) < 4.78 is 1.97. The highest BCUT2D eigenvalue weighted by atomic mass is 15.4. The van der Waals surface area contributed by atoms with Crippen molar-refractivity contribution in [1.29, 1.82) is 0 Å². The Kier molecular flexibility index (Phi) is 5.76. The molecule has 0 aliphatic carbocycles. The minimum Gasteiger partial charge on any atom is -0.363 e. The minimum atomic E-state index is 0.839. The van der Waals surface area contributed by atoms with Crippen LogP contribution in [0.4, 0.5) is 5.82 Å². The Morgan fingerprint density at radius 1 is 1.08 bits per heavy atom. The fourth-order valence-electron chi connectivity index (χ4n) is 3.84. The number of hydrogen-bond donors (Lipinski definition) is 1. The Bertz CT molecular complexity index is 698. The Morgan fingerprint density at radius 3 is 2.44 bits per heavy atom. The van der Waals surface area contributed by atoms with Crippen LogP contribution in [0.2, 0.25) is 0 Å². The van der Waals surface area contributed by atoms with Crippen LogP contribution < -0.4 is 10.2 Å². The van der Waals surface area contributed by atoms with Gasteiger partial charge in [0, 0.05) is 46.3 Å². The molecule has 1 N–H and O–H groups in total. The Balaban J connectivity index is 1.65. The van der Waals surface area contributed by atoms with E-state index < -0.39 is 0 Å². The molecule has 1 fully saturated rings. The summed E-state index contributed by atoms with van der Waals surface area (Å²) in [6.07, 6.45) is 2.68. The predicted octanol–water partition coefficient (Wildman–Crippen LogP) is 2.68. The normalized spacial score (nSPS) is 15.0. The number of hydrogen-bond acceptors (Lipinski definition) is 4. The van der Waals surface area contributed by atoms with E-state index in [1.54, 1.807) is 0 Å². The van der Waals surface area contributed by atoms with E-state index in [1.165, 1.54) is 48.4 Å². The lowest BCUT2D eigenvalue weighted by atomic mass is 10.1. The number of aromatic nitrogens is 2. The predicted molar refractivity (Wildman–Crippen MR) is 104 cm³/mol. The van der Waals surface area contributed by atoms with Crippen LogP contribution >= 0.6 is 0 Å². The molecular formula is C20H31N5. The first-order valence-corrected chi connectivity index (χ1v) is 9.26. The third kappa shape index (κ3) is 4.22. The summed E-state index contributed by atoms with van der Waals surface area (Å²) in [5.41, 5.74) is 5.24. The van der Waals surface area contributed by atoms with Crippen LogP contribution in [0, 0.1) is 6.92 Å². The van der Waals surface area contributed by atoms with Gasteiger partial charge in [0.05, 0.1) is 5.69 Å². The van der Waals surface area contributed by atoms with Gasteiger partial charge in [-0.3, -0.25) is 9.58 Å². The molecule has 2 heterocycles. The molecule has 1 saturated heterocycles. The molecule has 2 aromatic rings. The van der Waals surface area contributed by atoms with Crippen molar-refractivity contribution in [3.05, 3.63) is 46.6 Å². The lowest BCUT2D eigenvalue weighted by Crippen LogP contribution is -2.22. The lowest BCUT2D eigenvalue weighted by molar-refractivity contribution is 0.330. The summed E-state index contributed by atoms with van der Waals surface area (Å²) in [7, 11) is 6.16. The monoisotopic (exact) mass is 341 g/mol. The molecule has 1 aromatic carbocycles. The molecule has 0 bridgehead atoms. The molecule has 136 valence electrons. The molecule has 0 atom stereocenters. The highest BCUT2D eigenvalue weighted by Gasteiger charge is 2.16. The molecule has 3 rings (SSSR count). The maximum Gasteiger partial charge on any atom is 0.130 e. The van der Waals surface area contributed by atoms with Gasteiger partial charge in [-0.1, -0.05) is 24.3 Å². The first-order valence-electron chi connectivity index (χ1n) is 9.26. The Morgan fingerprint density at radius 2 is 1.76 bits per heavy atom. The smallest absolute Gasteiger partial charge is 0.130 e. The summed E-state index contributed by atoms with van der Waals surface area (Å²) >= 11 is 0. The average Bonchev–Trinajstić information content (AvgIpc) is 3.17. The second kappa shape index (κ2) is 8.02. The molecule has 25 heavy (non-hydrogen) atoms. The highest BCUT2D eigenvalue weighted by Crippen LogP contribution is 2.21. The van der Waals surface area contributed by atoms with Crippen molar-refractivity contribution in [2.24, 2.45) is 7.05 Å². The van der Waals surface area contributed by atoms with Crippen molar-refractivity contribution < 1.29 is 0 Å². The molecule has 0 saturated carbocycles. The molecule has 5 heteroatoms. The van der Waals surface area contributed by atoms with Crippen LogP contribution in [-0.2, 0) is 26.7 Å². The fraction of sp³-hybridized carbons (Fsp3) is 0.550. The van der Waals surface area contributed by atoms with E-state index in [-0.39, 0.29) is 0 Å². The average molecular weight is 342 g/mol. The molecule has 0 amide bonds. The van der Waals surface area contributed by atoms with E-state index in [1.807, 2.05) is 11.7 Å². The van der Waals surface area contributed by atoms with Gasteiger partial charge in [0.2, 0.25) is 0 Å². The van der Waals surface area contributed by atoms with Crippen LogP contribution in [0.5, 0.6) is 0 Å². The van der Waals surface area contributed by atoms with Crippen LogP contribution in [-0.4, -0.2) is 41.9 Å². The minimum absolute atomic E-state index is 0.839. The first kappa shape index (κ1) is 18.0. The number of nitrogens with one attached hydrogen (secondary N) is 1. The van der Waals surface area contributed by atoms with E-state index in [4.69, 9.17) is 0 Å². The third-order valence-electron chi connectivity index (χ3n) is 5.07. The number of benzene rings is 1. The topological polar surface area (TPSA) is 36.3 Å². The second-order valence-corrected chi connectivity index (χ2v) is 7.26. The number of likely N-dealkylation sites (tertiary alicyclic amines) is 1. The Hall–Kier alpha value is -1.85. The van der Waals surface area contributed by atoms with Crippen LogP contribution in [0.15, 0.2) is 24.3 Å². The number of nitrogens with zero attached hydrogens (tertiary/aromatic N) is 4. The van der Waals surface area contributed by atoms with Gasteiger partial charge in [-0.2, -0.15) is 5.10 Å². The quantitative estimate of drug-likeness (QED) is 0.840. The molecule has 0 unspecified atom stereocenters. The van der Waals surface area contributed by atoms with E-state index >= 15 is 0 Å². The van der Waals surface area contributed by atoms with Gasteiger partial charge < -0.3 is 10.2 Å². The lowest BCUT2D eigenvalue weighted by Gasteiger charge is -2.18. The molecule has 0 spiro atoms. The molecule has 1 aliphatic heterocycles. The standard InChI is InChI=1S/C20H31N5/c1-16-19(20(23(2)3)24(4)22-16)14-21-13-17-9-5-6-10-18(17)15-25-11-7-8-12-25/h5-6,9-10,21H,7-8,11-15H2,1-4H3. The van der Waals surface area contributed by atoms with Gasteiger partial charge in [0.1, 0.15) is 5.82 Å². The second-order valence-electron chi connectivity index (χ2n) is 7.26. The summed E-state index contributed by atoms with van der Waals surface area (Å²) in [6, 6.07) is 8.83. The molecule has 5 nitrogen and oxygen atoms in total. The van der Waals surface area contributed by atoms with Crippen LogP contribution in [0.1, 0.15) is 35.2 Å². The number of aryl methyl sites for hydroxylation is 2. The summed E-state index contributed by atoms with van der Waals surface area (Å²) in [5, 5.41) is 8.21. The van der Waals surface area contributed by atoms with Crippen molar-refractivity contribution in [3.63, 3.8) is 0 Å². The van der Waals surface area contributed by atoms with Crippen LogP contribution in [0.3, 0.4) is 0 Å². The zero-order valence-corrected chi connectivity index (χ0v) is 16.0.